The summed E-state index contributed by atoms with van der Waals surface area (Å²) >= 11 is 0. The van der Waals surface area contributed by atoms with Crippen LogP contribution in [-0.2, 0) is 33.3 Å². The van der Waals surface area contributed by atoms with E-state index in [1.165, 1.54) is 13.1 Å². The molecule has 182 valence electrons. The molecular weight excluding hydrogens is 455 g/mol. The Labute approximate surface area is 200 Å². The minimum atomic E-state index is -3.99. The van der Waals surface area contributed by atoms with Gasteiger partial charge in [0.05, 0.1) is 0 Å². The van der Waals surface area contributed by atoms with Crippen molar-refractivity contribution in [1.82, 2.24) is 9.21 Å². The first-order valence-electron chi connectivity index (χ1n) is 11.4. The molecule has 2 aromatic carbocycles. The van der Waals surface area contributed by atoms with E-state index in [0.717, 1.165) is 9.87 Å². The molecule has 0 aromatic heterocycles. The van der Waals surface area contributed by atoms with E-state index in [1.807, 2.05) is 30.3 Å². The van der Waals surface area contributed by atoms with Crippen LogP contribution in [0.3, 0.4) is 0 Å². The second-order valence-electron chi connectivity index (χ2n) is 9.34. The van der Waals surface area contributed by atoms with Gasteiger partial charge in [0.25, 0.3) is 0 Å². The van der Waals surface area contributed by atoms with Gasteiger partial charge in [-0.2, -0.15) is 0 Å². The summed E-state index contributed by atoms with van der Waals surface area (Å²) in [6.45, 7) is 4.70. The van der Waals surface area contributed by atoms with Crippen molar-refractivity contribution in [3.8, 4) is 0 Å². The summed E-state index contributed by atoms with van der Waals surface area (Å²) in [6.07, 6.45) is 0.794. The fourth-order valence-electron chi connectivity index (χ4n) is 5.19. The third-order valence-electron chi connectivity index (χ3n) is 7.31. The summed E-state index contributed by atoms with van der Waals surface area (Å²) in [7, 11) is -2.60. The Bertz CT molecular complexity index is 1230. The monoisotopic (exact) mass is 486 g/mol. The number of likely N-dealkylation sites (tertiary alicyclic amines) is 1. The molecule has 0 amide bonds. The van der Waals surface area contributed by atoms with Gasteiger partial charge >= 0.3 is 0 Å². The number of carbonyl (C=O) groups is 1. The number of halogens is 1. The predicted molar refractivity (Wildman–Crippen MR) is 130 cm³/mol. The van der Waals surface area contributed by atoms with Crippen molar-refractivity contribution in [3.63, 3.8) is 0 Å². The molecule has 34 heavy (non-hydrogen) atoms. The van der Waals surface area contributed by atoms with Crippen LogP contribution < -0.4 is 5.73 Å². The number of ketones is 1. The van der Waals surface area contributed by atoms with Crippen LogP contribution in [-0.4, -0.2) is 54.2 Å². The normalized spacial score (nSPS) is 26.6. The van der Waals surface area contributed by atoms with Crippen molar-refractivity contribution >= 4 is 21.8 Å². The predicted octanol–water partition coefficient (Wildman–Crippen LogP) is 2.80. The maximum absolute atomic E-state index is 15.4. The zero-order chi connectivity index (χ0) is 24.7. The van der Waals surface area contributed by atoms with Gasteiger partial charge in [0.1, 0.15) is 21.9 Å². The van der Waals surface area contributed by atoms with Crippen molar-refractivity contribution in [3.05, 3.63) is 71.0 Å². The summed E-state index contributed by atoms with van der Waals surface area (Å²) in [5, 5.41) is 0. The molecule has 0 unspecified atom stereocenters. The van der Waals surface area contributed by atoms with Crippen LogP contribution in [0.25, 0.3) is 0 Å². The number of nitrogens with two attached hydrogens (primary N) is 1. The first kappa shape index (κ1) is 24.3. The van der Waals surface area contributed by atoms with Crippen molar-refractivity contribution in [2.75, 3.05) is 20.1 Å². The molecule has 2 aromatic rings. The molecule has 1 spiro atoms. The van der Waals surface area contributed by atoms with Crippen molar-refractivity contribution in [1.29, 1.82) is 0 Å². The third kappa shape index (κ3) is 3.80. The van der Waals surface area contributed by atoms with Crippen LogP contribution >= 0.6 is 0 Å². The largest absolute Gasteiger partial charge is 0.369 e. The van der Waals surface area contributed by atoms with Crippen molar-refractivity contribution < 1.29 is 17.6 Å². The van der Waals surface area contributed by atoms with E-state index in [9.17, 15) is 13.2 Å². The lowest BCUT2D eigenvalue weighted by molar-refractivity contribution is -0.118. The average Bonchev–Trinajstić information content (AvgIpc) is 3.25. The lowest BCUT2D eigenvalue weighted by Crippen LogP contribution is -2.66. The number of sulfonamides is 1. The Kier molecular flexibility index (Phi) is 6.29. The number of rotatable bonds is 6. The smallest absolute Gasteiger partial charge is 0.247 e. The number of carbonyl (C=O) groups excluding carboxylic acids is 1. The zero-order valence-electron chi connectivity index (χ0n) is 19.8. The quantitative estimate of drug-likeness (QED) is 0.677. The number of Topliss-reactive ketones (excluding diaryl/α,β-unsaturated/α-hetero) is 1. The zero-order valence-corrected chi connectivity index (χ0v) is 20.6. The Balaban J connectivity index is 1.83. The Morgan fingerprint density at radius 1 is 1.18 bits per heavy atom. The Morgan fingerprint density at radius 2 is 1.88 bits per heavy atom. The minimum Gasteiger partial charge on any atom is -0.369 e. The van der Waals surface area contributed by atoms with Gasteiger partial charge in [-0.1, -0.05) is 43.3 Å². The van der Waals surface area contributed by atoms with Gasteiger partial charge in [-0.3, -0.25) is 9.69 Å². The Hall–Kier alpha value is -2.78. The van der Waals surface area contributed by atoms with E-state index >= 15 is 4.39 Å². The fourth-order valence-corrected chi connectivity index (χ4v) is 7.36. The summed E-state index contributed by atoms with van der Waals surface area (Å²) < 4.78 is 42.8. The summed E-state index contributed by atoms with van der Waals surface area (Å²) in [5.74, 6) is -0.720. The van der Waals surface area contributed by atoms with E-state index in [-0.39, 0.29) is 36.7 Å². The van der Waals surface area contributed by atoms with Crippen LogP contribution in [0.15, 0.2) is 53.5 Å². The lowest BCUT2D eigenvalue weighted by Gasteiger charge is -2.48. The van der Waals surface area contributed by atoms with Crippen molar-refractivity contribution in [2.24, 2.45) is 10.7 Å². The van der Waals surface area contributed by atoms with Gasteiger partial charge in [0, 0.05) is 45.1 Å². The first-order chi connectivity index (χ1) is 16.0. The molecule has 9 heteroatoms. The van der Waals surface area contributed by atoms with Crippen LogP contribution in [0.1, 0.15) is 43.4 Å². The standard InChI is InChI=1S/C25H31FN4O3S/c1-4-20(31)14-19-10-11-22(26)21(15-19)24(2)25(34(32,33)29(3)23(27)28-24)12-13-30(17-25)16-18-8-6-5-7-9-18/h5-11,15H,4,12-14,16-17H2,1-3H3,(H2,27,28)/t24-,25-/m1/s1. The number of hydrogen-bond acceptors (Lipinski definition) is 6. The van der Waals surface area contributed by atoms with Crippen molar-refractivity contribution in [2.45, 2.75) is 49.9 Å². The summed E-state index contributed by atoms with van der Waals surface area (Å²) in [5.41, 5.74) is 6.45. The first-order valence-corrected chi connectivity index (χ1v) is 12.9. The lowest BCUT2D eigenvalue weighted by atomic mass is 9.77. The molecule has 1 fully saturated rings. The number of hydrogen-bond donors (Lipinski definition) is 1. The molecule has 0 radical (unpaired) electrons. The molecular formula is C25H31FN4O3S. The molecule has 0 bridgehead atoms. The van der Waals surface area contributed by atoms with Gasteiger partial charge in [-0.15, -0.1) is 0 Å². The van der Waals surface area contributed by atoms with E-state index in [0.29, 0.717) is 25.1 Å². The molecule has 7 nitrogen and oxygen atoms in total. The van der Waals surface area contributed by atoms with Gasteiger partial charge in [-0.05, 0) is 36.6 Å². The van der Waals surface area contributed by atoms with Gasteiger partial charge < -0.3 is 5.73 Å². The highest BCUT2D eigenvalue weighted by Crippen LogP contribution is 2.51. The van der Waals surface area contributed by atoms with Gasteiger partial charge in [0.15, 0.2) is 0 Å². The molecule has 2 atom stereocenters. The maximum atomic E-state index is 15.4. The number of benzene rings is 2. The molecule has 2 aliphatic heterocycles. The van der Waals surface area contributed by atoms with Crippen LogP contribution in [0.4, 0.5) is 4.39 Å². The SMILES string of the molecule is CCC(=O)Cc1ccc(F)c([C@@]2(C)N=C(N)N(C)S(=O)(=O)[C@@]23CCN(Cc2ccccc2)C3)c1. The highest BCUT2D eigenvalue weighted by Gasteiger charge is 2.66. The molecule has 1 saturated heterocycles. The minimum absolute atomic E-state index is 0.0198. The number of nitrogens with zero attached hydrogens (tertiary/aromatic N) is 3. The van der Waals surface area contributed by atoms with Crippen LogP contribution in [0, 0.1) is 5.82 Å². The summed E-state index contributed by atoms with van der Waals surface area (Å²) in [4.78, 5) is 18.7. The second-order valence-corrected chi connectivity index (χ2v) is 11.6. The fraction of sp³-hybridized carbons (Fsp3) is 0.440. The molecule has 2 aliphatic rings. The van der Waals surface area contributed by atoms with E-state index in [2.05, 4.69) is 9.89 Å². The Morgan fingerprint density at radius 3 is 2.56 bits per heavy atom. The molecule has 0 saturated carbocycles. The van der Waals surface area contributed by atoms with Crippen LogP contribution in [0.5, 0.6) is 0 Å². The maximum Gasteiger partial charge on any atom is 0.247 e. The van der Waals surface area contributed by atoms with E-state index in [1.54, 1.807) is 26.0 Å². The molecule has 2 heterocycles. The molecule has 2 N–H and O–H groups in total. The summed E-state index contributed by atoms with van der Waals surface area (Å²) in [6, 6.07) is 14.3. The average molecular weight is 487 g/mol. The molecule has 0 aliphatic carbocycles. The van der Waals surface area contributed by atoms with E-state index < -0.39 is 26.1 Å². The number of aliphatic imine (C=N–C) groups is 1. The molecule has 4 rings (SSSR count). The van der Waals surface area contributed by atoms with Crippen LogP contribution in [0.2, 0.25) is 0 Å². The highest BCUT2D eigenvalue weighted by molar-refractivity contribution is 7.91. The third-order valence-corrected chi connectivity index (χ3v) is 9.94. The highest BCUT2D eigenvalue weighted by atomic mass is 32.2. The van der Waals surface area contributed by atoms with Gasteiger partial charge in [-0.25, -0.2) is 22.1 Å². The van der Waals surface area contributed by atoms with E-state index in [4.69, 9.17) is 5.73 Å². The second kappa shape index (κ2) is 8.78. The van der Waals surface area contributed by atoms with Gasteiger partial charge in [0.2, 0.25) is 16.0 Å². The topological polar surface area (TPSA) is 96.1 Å². The number of guanidine groups is 1.